The Labute approximate surface area is 166 Å². The number of rotatable bonds is 4. The summed E-state index contributed by atoms with van der Waals surface area (Å²) in [4.78, 5) is 39.5. The molecule has 2 aliphatic rings. The number of amides is 2. The van der Waals surface area contributed by atoms with E-state index in [2.05, 4.69) is 15.9 Å². The molecule has 2 aromatic rings. The summed E-state index contributed by atoms with van der Waals surface area (Å²) in [5.41, 5.74) is 2.00. The fourth-order valence-corrected chi connectivity index (χ4v) is 4.61. The van der Waals surface area contributed by atoms with E-state index in [0.29, 0.717) is 17.5 Å². The molecule has 138 valence electrons. The monoisotopic (exact) mass is 425 g/mol. The maximum absolute atomic E-state index is 13.1. The van der Waals surface area contributed by atoms with Crippen LogP contribution < -0.4 is 0 Å². The largest absolute Gasteiger partial charge is 0.299 e. The molecule has 4 nitrogen and oxygen atoms in total. The van der Waals surface area contributed by atoms with Crippen LogP contribution in [-0.2, 0) is 11.2 Å². The number of benzene rings is 2. The molecule has 4 rings (SSSR count). The van der Waals surface area contributed by atoms with Crippen LogP contribution >= 0.6 is 15.9 Å². The summed E-state index contributed by atoms with van der Waals surface area (Å²) in [6.07, 6.45) is 3.23. The highest BCUT2D eigenvalue weighted by Crippen LogP contribution is 2.32. The zero-order chi connectivity index (χ0) is 19.0. The lowest BCUT2D eigenvalue weighted by Gasteiger charge is -2.30. The Morgan fingerprint density at radius 3 is 2.11 bits per heavy atom. The van der Waals surface area contributed by atoms with E-state index in [1.165, 1.54) is 4.90 Å². The van der Waals surface area contributed by atoms with Crippen LogP contribution in [0.15, 0.2) is 53.0 Å². The second kappa shape index (κ2) is 7.39. The predicted octanol–water partition coefficient (Wildman–Crippen LogP) is 4.27. The maximum Gasteiger partial charge on any atom is 0.261 e. The molecule has 1 saturated carbocycles. The fraction of sp³-hybridized carbons (Fsp3) is 0.318. The second-order valence-corrected chi connectivity index (χ2v) is 8.14. The summed E-state index contributed by atoms with van der Waals surface area (Å²) in [5.74, 6) is -0.715. The Kier molecular flexibility index (Phi) is 4.96. The topological polar surface area (TPSA) is 54.5 Å². The number of carbonyl (C=O) groups excluding carboxylic acids is 3. The molecule has 0 radical (unpaired) electrons. The normalized spacial score (nSPS) is 22.3. The van der Waals surface area contributed by atoms with Crippen LogP contribution in [0.4, 0.5) is 0 Å². The standard InChI is InChI=1S/C22H20BrNO3/c23-19-11-4-1-6-14(19)12-15-7-5-8-16(20(15)25)13-24-21(26)17-9-2-3-10-18(17)22(24)27/h1-4,6,9-11,15-16H,5,7-8,12-13H2. The van der Waals surface area contributed by atoms with Gasteiger partial charge in [-0.3, -0.25) is 19.3 Å². The van der Waals surface area contributed by atoms with Crippen LogP contribution in [0.25, 0.3) is 0 Å². The predicted molar refractivity (Wildman–Crippen MR) is 105 cm³/mol. The molecule has 2 atom stereocenters. The third kappa shape index (κ3) is 3.36. The highest BCUT2D eigenvalue weighted by molar-refractivity contribution is 9.10. The lowest BCUT2D eigenvalue weighted by atomic mass is 9.77. The first kappa shape index (κ1) is 18.1. The molecule has 0 bridgehead atoms. The molecular formula is C22H20BrNO3. The fourth-order valence-electron chi connectivity index (χ4n) is 4.17. The molecule has 5 heteroatoms. The van der Waals surface area contributed by atoms with E-state index in [0.717, 1.165) is 29.3 Å². The van der Waals surface area contributed by atoms with E-state index in [-0.39, 0.29) is 36.0 Å². The summed E-state index contributed by atoms with van der Waals surface area (Å²) in [6.45, 7) is 0.192. The number of ketones is 1. The SMILES string of the molecule is O=C1C(Cc2ccccc2Br)CCCC1CN1C(=O)c2ccccc2C1=O. The van der Waals surface area contributed by atoms with Gasteiger partial charge in [0.05, 0.1) is 11.1 Å². The van der Waals surface area contributed by atoms with Gasteiger partial charge in [0.1, 0.15) is 5.78 Å². The quantitative estimate of drug-likeness (QED) is 0.687. The van der Waals surface area contributed by atoms with Gasteiger partial charge in [-0.25, -0.2) is 0 Å². The van der Waals surface area contributed by atoms with Crippen LogP contribution in [0.3, 0.4) is 0 Å². The van der Waals surface area contributed by atoms with Gasteiger partial charge in [0.15, 0.2) is 0 Å². The van der Waals surface area contributed by atoms with Gasteiger partial charge in [0.2, 0.25) is 0 Å². The lowest BCUT2D eigenvalue weighted by Crippen LogP contribution is -2.41. The number of hydrogen-bond acceptors (Lipinski definition) is 3. The van der Waals surface area contributed by atoms with Crippen LogP contribution in [0.5, 0.6) is 0 Å². The molecule has 2 aromatic carbocycles. The number of nitrogens with zero attached hydrogens (tertiary/aromatic N) is 1. The van der Waals surface area contributed by atoms with Crippen molar-refractivity contribution in [2.75, 3.05) is 6.54 Å². The average molecular weight is 426 g/mol. The Bertz CT molecular complexity index is 888. The van der Waals surface area contributed by atoms with Gasteiger partial charge < -0.3 is 0 Å². The first-order valence-corrected chi connectivity index (χ1v) is 10.1. The summed E-state index contributed by atoms with van der Waals surface area (Å²) in [5, 5.41) is 0. The van der Waals surface area contributed by atoms with Crippen LogP contribution in [0, 0.1) is 11.8 Å². The summed E-state index contributed by atoms with van der Waals surface area (Å²) < 4.78 is 1.01. The first-order valence-electron chi connectivity index (χ1n) is 9.28. The van der Waals surface area contributed by atoms with Crippen LogP contribution in [0.2, 0.25) is 0 Å². The molecule has 1 fully saturated rings. The van der Waals surface area contributed by atoms with Crippen molar-refractivity contribution in [2.24, 2.45) is 11.8 Å². The summed E-state index contributed by atoms with van der Waals surface area (Å²) in [7, 11) is 0. The Morgan fingerprint density at radius 1 is 0.852 bits per heavy atom. The molecule has 27 heavy (non-hydrogen) atoms. The number of carbonyl (C=O) groups is 3. The van der Waals surface area contributed by atoms with Crippen molar-refractivity contribution < 1.29 is 14.4 Å². The Balaban J connectivity index is 1.49. The Hall–Kier alpha value is -2.27. The third-order valence-electron chi connectivity index (χ3n) is 5.62. The zero-order valence-corrected chi connectivity index (χ0v) is 16.4. The second-order valence-electron chi connectivity index (χ2n) is 7.29. The number of fused-ring (bicyclic) bond motifs is 1. The van der Waals surface area contributed by atoms with E-state index in [1.54, 1.807) is 24.3 Å². The first-order chi connectivity index (χ1) is 13.1. The zero-order valence-electron chi connectivity index (χ0n) is 14.9. The van der Waals surface area contributed by atoms with Gasteiger partial charge in [0, 0.05) is 22.9 Å². The molecule has 2 amide bonds. The third-order valence-corrected chi connectivity index (χ3v) is 6.39. The van der Waals surface area contributed by atoms with E-state index < -0.39 is 0 Å². The van der Waals surface area contributed by atoms with Gasteiger partial charge in [0.25, 0.3) is 11.8 Å². The highest BCUT2D eigenvalue weighted by Gasteiger charge is 2.40. The van der Waals surface area contributed by atoms with Gasteiger partial charge in [-0.05, 0) is 43.0 Å². The summed E-state index contributed by atoms with van der Waals surface area (Å²) >= 11 is 3.55. The lowest BCUT2D eigenvalue weighted by molar-refractivity contribution is -0.129. The maximum atomic E-state index is 13.1. The smallest absolute Gasteiger partial charge is 0.261 e. The molecule has 1 aliphatic heterocycles. The van der Waals surface area contributed by atoms with Crippen molar-refractivity contribution in [3.63, 3.8) is 0 Å². The Morgan fingerprint density at radius 2 is 1.44 bits per heavy atom. The number of hydrogen-bond donors (Lipinski definition) is 0. The minimum atomic E-state index is -0.281. The highest BCUT2D eigenvalue weighted by atomic mass is 79.9. The van der Waals surface area contributed by atoms with Gasteiger partial charge in [-0.15, -0.1) is 0 Å². The molecule has 0 N–H and O–H groups in total. The van der Waals surface area contributed by atoms with Crippen molar-refractivity contribution in [3.8, 4) is 0 Å². The molecule has 0 aromatic heterocycles. The van der Waals surface area contributed by atoms with E-state index >= 15 is 0 Å². The van der Waals surface area contributed by atoms with E-state index in [1.807, 2.05) is 24.3 Å². The molecule has 1 aliphatic carbocycles. The average Bonchev–Trinajstić information content (AvgIpc) is 2.92. The number of halogens is 1. The number of Topliss-reactive ketones (excluding diaryl/α,β-unsaturated/α-hetero) is 1. The molecule has 1 heterocycles. The molecule has 0 saturated heterocycles. The van der Waals surface area contributed by atoms with Crippen LogP contribution in [-0.4, -0.2) is 29.0 Å². The van der Waals surface area contributed by atoms with Gasteiger partial charge >= 0.3 is 0 Å². The van der Waals surface area contributed by atoms with E-state index in [4.69, 9.17) is 0 Å². The van der Waals surface area contributed by atoms with Crippen molar-refractivity contribution in [1.82, 2.24) is 4.90 Å². The molecule has 2 unspecified atom stereocenters. The summed E-state index contributed by atoms with van der Waals surface area (Å²) in [6, 6.07) is 14.8. The minimum Gasteiger partial charge on any atom is -0.299 e. The van der Waals surface area contributed by atoms with Gasteiger partial charge in [-0.1, -0.05) is 52.7 Å². The van der Waals surface area contributed by atoms with Crippen LogP contribution in [0.1, 0.15) is 45.5 Å². The molecular weight excluding hydrogens is 406 g/mol. The number of imide groups is 1. The van der Waals surface area contributed by atoms with Crippen molar-refractivity contribution in [3.05, 3.63) is 69.7 Å². The minimum absolute atomic E-state index is 0.0577. The van der Waals surface area contributed by atoms with Crippen molar-refractivity contribution in [2.45, 2.75) is 25.7 Å². The van der Waals surface area contributed by atoms with E-state index in [9.17, 15) is 14.4 Å². The van der Waals surface area contributed by atoms with Crippen molar-refractivity contribution >= 4 is 33.5 Å². The van der Waals surface area contributed by atoms with Crippen molar-refractivity contribution in [1.29, 1.82) is 0 Å². The van der Waals surface area contributed by atoms with Gasteiger partial charge in [-0.2, -0.15) is 0 Å². The molecule has 0 spiro atoms.